The molecule has 1 heterocycles. The van der Waals surface area contributed by atoms with Gasteiger partial charge in [0.05, 0.1) is 11.9 Å². The molecule has 0 bridgehead atoms. The van der Waals surface area contributed by atoms with E-state index in [1.807, 2.05) is 6.92 Å². The molecule has 0 saturated heterocycles. The monoisotopic (exact) mass is 317 g/mol. The fourth-order valence-electron chi connectivity index (χ4n) is 1.07. The van der Waals surface area contributed by atoms with Gasteiger partial charge in [0.25, 0.3) is 0 Å². The van der Waals surface area contributed by atoms with Crippen molar-refractivity contribution in [3.8, 4) is 0 Å². The summed E-state index contributed by atoms with van der Waals surface area (Å²) in [6.45, 7) is 2.59. The van der Waals surface area contributed by atoms with E-state index in [0.717, 1.165) is 37.8 Å². The van der Waals surface area contributed by atoms with Crippen LogP contribution in [0.5, 0.6) is 0 Å². The van der Waals surface area contributed by atoms with Crippen molar-refractivity contribution in [2.75, 3.05) is 20.8 Å². The smallest absolute Gasteiger partial charge is 0.207 e. The van der Waals surface area contributed by atoms with E-state index in [4.69, 9.17) is 11.6 Å². The van der Waals surface area contributed by atoms with Gasteiger partial charge in [0.1, 0.15) is 11.4 Å². The molecule has 0 atom stereocenters. The molecule has 1 aromatic heterocycles. The van der Waals surface area contributed by atoms with Crippen molar-refractivity contribution in [3.63, 3.8) is 0 Å². The molecule has 1 rings (SSSR count). The van der Waals surface area contributed by atoms with Gasteiger partial charge in [-0.1, -0.05) is 18.0 Å². The molecule has 21 heavy (non-hydrogen) atoms. The van der Waals surface area contributed by atoms with Gasteiger partial charge in [-0.2, -0.15) is 0 Å². The lowest BCUT2D eigenvalue weighted by atomic mass is 10.2. The van der Waals surface area contributed by atoms with Crippen molar-refractivity contribution in [2.24, 2.45) is 0 Å². The predicted molar refractivity (Wildman–Crippen MR) is 83.3 cm³/mol. The van der Waals surface area contributed by atoms with E-state index in [1.165, 1.54) is 6.20 Å². The minimum atomic E-state index is 0.440. The van der Waals surface area contributed by atoms with Crippen LogP contribution in [0.4, 0.5) is 0 Å². The molecule has 120 valence electrons. The number of hydrogen-bond acceptors (Lipinski definition) is 5. The number of aldehydes is 1. The van der Waals surface area contributed by atoms with Gasteiger partial charge in [-0.25, -0.2) is 4.98 Å². The number of carbonyl (C=O) groups is 2. The highest BCUT2D eigenvalue weighted by atomic mass is 35.5. The zero-order valence-electron chi connectivity index (χ0n) is 12.8. The first-order chi connectivity index (χ1) is 10.1. The summed E-state index contributed by atoms with van der Waals surface area (Å²) in [5, 5.41) is 3.00. The molecule has 0 saturated carbocycles. The minimum Gasteiger partial charge on any atom is -0.388 e. The molecule has 1 aromatic rings. The Morgan fingerprint density at radius 3 is 2.29 bits per heavy atom. The molecule has 0 radical (unpaired) electrons. The number of nitrogens with one attached hydrogen (secondary N) is 1. The van der Waals surface area contributed by atoms with E-state index in [9.17, 15) is 9.59 Å². The molecular formula is C14H24ClN3O3. The number of methoxy groups -OCH3 is 1. The summed E-state index contributed by atoms with van der Waals surface area (Å²) in [4.78, 5) is 27.2. The highest BCUT2D eigenvalue weighted by molar-refractivity contribution is 6.29. The Morgan fingerprint density at radius 1 is 1.19 bits per heavy atom. The molecule has 0 fully saturated rings. The van der Waals surface area contributed by atoms with Crippen LogP contribution in [-0.2, 0) is 14.3 Å². The van der Waals surface area contributed by atoms with Crippen LogP contribution in [0.2, 0.25) is 5.15 Å². The predicted octanol–water partition coefficient (Wildman–Crippen LogP) is 2.19. The van der Waals surface area contributed by atoms with Crippen LogP contribution in [0.15, 0.2) is 12.4 Å². The zero-order valence-corrected chi connectivity index (χ0v) is 13.6. The minimum absolute atomic E-state index is 0.440. The number of carbonyl (C=O) groups excluding carboxylic acids is 2. The maximum absolute atomic E-state index is 9.82. The number of aromatic nitrogens is 2. The summed E-state index contributed by atoms with van der Waals surface area (Å²) in [5.74, 6) is 0. The largest absolute Gasteiger partial charge is 0.388 e. The molecule has 0 unspecified atom stereocenters. The van der Waals surface area contributed by atoms with Crippen molar-refractivity contribution in [1.29, 1.82) is 0 Å². The Morgan fingerprint density at radius 2 is 1.86 bits per heavy atom. The van der Waals surface area contributed by atoms with Crippen LogP contribution in [0, 0.1) is 6.92 Å². The summed E-state index contributed by atoms with van der Waals surface area (Å²) in [6.07, 6.45) is 8.32. The fraction of sp³-hybridized carbons (Fsp3) is 0.571. The highest BCUT2D eigenvalue weighted by Crippen LogP contribution is 1.98. The third-order valence-corrected chi connectivity index (χ3v) is 2.17. The molecule has 0 aliphatic carbocycles. The molecular weight excluding hydrogens is 294 g/mol. The Kier molecular flexibility index (Phi) is 19.1. The number of aryl methyl sites for hydroxylation is 1. The Hall–Kier alpha value is -1.53. The molecule has 1 N–H and O–H groups in total. The lowest BCUT2D eigenvalue weighted by Crippen LogP contribution is -2.11. The molecule has 6 nitrogen and oxygen atoms in total. The molecule has 0 aliphatic rings. The second-order valence-corrected chi connectivity index (χ2v) is 4.36. The topological polar surface area (TPSA) is 81.2 Å². The van der Waals surface area contributed by atoms with Crippen LogP contribution in [0.1, 0.15) is 31.4 Å². The van der Waals surface area contributed by atoms with Gasteiger partial charge in [0.2, 0.25) is 6.41 Å². The maximum atomic E-state index is 9.82. The summed E-state index contributed by atoms with van der Waals surface area (Å²) < 4.78 is 4.25. The van der Waals surface area contributed by atoms with E-state index in [1.54, 1.807) is 20.4 Å². The maximum Gasteiger partial charge on any atom is 0.207 e. The molecule has 1 amide bonds. The summed E-state index contributed by atoms with van der Waals surface area (Å²) in [7, 11) is 3.25. The van der Waals surface area contributed by atoms with Gasteiger partial charge < -0.3 is 14.8 Å². The number of amides is 1. The van der Waals surface area contributed by atoms with Crippen molar-refractivity contribution in [1.82, 2.24) is 15.3 Å². The lowest BCUT2D eigenvalue weighted by molar-refractivity contribution is -0.110. The quantitative estimate of drug-likeness (QED) is 0.616. The fourth-order valence-corrected chi connectivity index (χ4v) is 1.16. The number of unbranched alkanes of at least 4 members (excludes halogenated alkanes) is 3. The first-order valence-electron chi connectivity index (χ1n) is 6.57. The average Bonchev–Trinajstić information content (AvgIpc) is 2.47. The van der Waals surface area contributed by atoms with Gasteiger partial charge >= 0.3 is 0 Å². The normalized spacial score (nSPS) is 8.57. The SMILES string of the molecule is COC.Cc1cnc(Cl)cn1.O=CCCCCCNC=O. The first kappa shape index (κ1) is 21.8. The molecule has 0 spiro atoms. The standard InChI is InChI=1S/C7H13NO2.C5H5ClN2.C2H6O/c9-6-4-2-1-3-5-8-7-10;1-4-2-8-5(6)3-7-4;1-3-2/h6-7H,1-5H2,(H,8,10);2-3H,1H3;1-2H3. The van der Waals surface area contributed by atoms with E-state index in [2.05, 4.69) is 20.0 Å². The van der Waals surface area contributed by atoms with Crippen LogP contribution in [-0.4, -0.2) is 43.4 Å². The van der Waals surface area contributed by atoms with E-state index in [0.29, 0.717) is 18.0 Å². The number of halogens is 1. The van der Waals surface area contributed by atoms with Crippen LogP contribution < -0.4 is 5.32 Å². The van der Waals surface area contributed by atoms with Gasteiger partial charge in [-0.15, -0.1) is 0 Å². The first-order valence-corrected chi connectivity index (χ1v) is 6.95. The van der Waals surface area contributed by atoms with Crippen LogP contribution in [0.25, 0.3) is 0 Å². The molecule has 7 heteroatoms. The van der Waals surface area contributed by atoms with E-state index < -0.39 is 0 Å². The van der Waals surface area contributed by atoms with Crippen molar-refractivity contribution in [3.05, 3.63) is 23.2 Å². The second-order valence-electron chi connectivity index (χ2n) is 3.98. The zero-order chi connectivity index (χ0) is 16.3. The third-order valence-electron chi connectivity index (χ3n) is 1.98. The molecule has 0 aromatic carbocycles. The van der Waals surface area contributed by atoms with Crippen LogP contribution in [0.3, 0.4) is 0 Å². The van der Waals surface area contributed by atoms with Crippen LogP contribution >= 0.6 is 11.6 Å². The Balaban J connectivity index is 0. The lowest BCUT2D eigenvalue weighted by Gasteiger charge is -1.95. The highest BCUT2D eigenvalue weighted by Gasteiger charge is 1.86. The Bertz CT molecular complexity index is 315. The third kappa shape index (κ3) is 20.9. The molecule has 0 aliphatic heterocycles. The van der Waals surface area contributed by atoms with Crippen molar-refractivity contribution >= 4 is 24.3 Å². The number of hydrogen-bond donors (Lipinski definition) is 1. The van der Waals surface area contributed by atoms with E-state index in [-0.39, 0.29) is 0 Å². The summed E-state index contributed by atoms with van der Waals surface area (Å²) in [6, 6.07) is 0. The summed E-state index contributed by atoms with van der Waals surface area (Å²) >= 11 is 5.44. The van der Waals surface area contributed by atoms with Crippen molar-refractivity contribution < 1.29 is 14.3 Å². The Labute approximate surface area is 131 Å². The van der Waals surface area contributed by atoms with Crippen molar-refractivity contribution in [2.45, 2.75) is 32.6 Å². The van der Waals surface area contributed by atoms with Gasteiger partial charge in [0, 0.05) is 33.4 Å². The summed E-state index contributed by atoms with van der Waals surface area (Å²) in [5.41, 5.74) is 0.884. The average molecular weight is 318 g/mol. The van der Waals surface area contributed by atoms with Gasteiger partial charge in [-0.3, -0.25) is 9.78 Å². The number of rotatable bonds is 7. The van der Waals surface area contributed by atoms with E-state index >= 15 is 0 Å². The number of ether oxygens (including phenoxy) is 1. The second kappa shape index (κ2) is 18.5. The van der Waals surface area contributed by atoms with Gasteiger partial charge in [0.15, 0.2) is 0 Å². The number of nitrogens with zero attached hydrogens (tertiary/aromatic N) is 2. The van der Waals surface area contributed by atoms with Gasteiger partial charge in [-0.05, 0) is 19.8 Å².